The van der Waals surface area contributed by atoms with Gasteiger partial charge < -0.3 is 14.8 Å². The van der Waals surface area contributed by atoms with E-state index < -0.39 is 5.60 Å². The Bertz CT molecular complexity index is 718. The monoisotopic (exact) mass is 343 g/mol. The highest BCUT2D eigenvalue weighted by Crippen LogP contribution is 2.33. The van der Waals surface area contributed by atoms with Gasteiger partial charge in [0.25, 0.3) is 5.91 Å². The topological polar surface area (TPSA) is 47.6 Å². The second-order valence-corrected chi connectivity index (χ2v) is 6.69. The highest BCUT2D eigenvalue weighted by atomic mass is 16.5. The maximum absolute atomic E-state index is 12.9. The molecule has 0 aliphatic rings. The molecule has 2 aromatic carbocycles. The van der Waals surface area contributed by atoms with Gasteiger partial charge >= 0.3 is 0 Å². The van der Waals surface area contributed by atoms with Gasteiger partial charge in [-0.3, -0.25) is 4.79 Å². The molecule has 1 amide bonds. The van der Waals surface area contributed by atoms with Crippen LogP contribution in [0.25, 0.3) is 10.8 Å². The number of anilines is 1. The Labute approximate surface area is 150 Å². The van der Waals surface area contributed by atoms with Crippen LogP contribution in [0.15, 0.2) is 36.4 Å². The largest absolute Gasteiger partial charge is 0.490 e. The summed E-state index contributed by atoms with van der Waals surface area (Å²) >= 11 is 0. The Morgan fingerprint density at radius 3 is 2.40 bits per heavy atom. The molecular formula is C21H29NO3. The van der Waals surface area contributed by atoms with Crippen LogP contribution in [0.1, 0.15) is 47.5 Å². The summed E-state index contributed by atoms with van der Waals surface area (Å²) in [5.41, 5.74) is -0.0451. The fourth-order valence-electron chi connectivity index (χ4n) is 3.04. The zero-order valence-electron chi connectivity index (χ0n) is 15.9. The van der Waals surface area contributed by atoms with Gasteiger partial charge in [0.15, 0.2) is 0 Å². The first-order chi connectivity index (χ1) is 11.9. The third kappa shape index (κ3) is 4.51. The SMILES string of the molecule is CCC[C@](C)(OCC)C(=O)Nc1ccc(OC(C)C)c2ccccc12. The zero-order chi connectivity index (χ0) is 18.4. The van der Waals surface area contributed by atoms with Crippen molar-refractivity contribution in [3.05, 3.63) is 36.4 Å². The van der Waals surface area contributed by atoms with Gasteiger partial charge in [0.2, 0.25) is 0 Å². The van der Waals surface area contributed by atoms with Gasteiger partial charge in [-0.2, -0.15) is 0 Å². The van der Waals surface area contributed by atoms with Gasteiger partial charge in [0, 0.05) is 23.1 Å². The number of benzene rings is 2. The Kier molecular flexibility index (Phi) is 6.43. The molecule has 0 bridgehead atoms. The molecule has 0 saturated carbocycles. The highest BCUT2D eigenvalue weighted by Gasteiger charge is 2.33. The lowest BCUT2D eigenvalue weighted by Crippen LogP contribution is -2.42. The third-order valence-corrected chi connectivity index (χ3v) is 4.17. The molecule has 0 aromatic heterocycles. The van der Waals surface area contributed by atoms with Crippen LogP contribution in [0.5, 0.6) is 5.75 Å². The molecule has 25 heavy (non-hydrogen) atoms. The van der Waals surface area contributed by atoms with Crippen molar-refractivity contribution in [2.75, 3.05) is 11.9 Å². The van der Waals surface area contributed by atoms with Gasteiger partial charge in [-0.1, -0.05) is 37.6 Å². The molecule has 4 nitrogen and oxygen atoms in total. The standard InChI is InChI=1S/C21H29NO3/c1-6-14-21(5,24-7-2)20(23)22-18-12-13-19(25-15(3)4)17-11-9-8-10-16(17)18/h8-13,15H,6-7,14H2,1-5H3,(H,22,23)/t21-/m0/s1. The van der Waals surface area contributed by atoms with Crippen LogP contribution in [0.4, 0.5) is 5.69 Å². The molecule has 1 N–H and O–H groups in total. The van der Waals surface area contributed by atoms with Crippen molar-refractivity contribution in [1.29, 1.82) is 0 Å². The summed E-state index contributed by atoms with van der Waals surface area (Å²) in [5, 5.41) is 5.01. The van der Waals surface area contributed by atoms with Crippen LogP contribution in [-0.2, 0) is 9.53 Å². The molecule has 1 atom stereocenters. The Morgan fingerprint density at radius 2 is 1.80 bits per heavy atom. The molecule has 0 aliphatic heterocycles. The second kappa shape index (κ2) is 8.34. The van der Waals surface area contributed by atoms with Crippen LogP contribution in [0.2, 0.25) is 0 Å². The Hall–Kier alpha value is -2.07. The van der Waals surface area contributed by atoms with E-state index in [2.05, 4.69) is 12.2 Å². The molecule has 4 heteroatoms. The number of rotatable bonds is 8. The number of hydrogen-bond donors (Lipinski definition) is 1. The molecule has 0 aliphatic carbocycles. The average molecular weight is 343 g/mol. The Morgan fingerprint density at radius 1 is 1.12 bits per heavy atom. The number of hydrogen-bond acceptors (Lipinski definition) is 3. The lowest BCUT2D eigenvalue weighted by atomic mass is 9.98. The lowest BCUT2D eigenvalue weighted by Gasteiger charge is -2.28. The van der Waals surface area contributed by atoms with Gasteiger partial charge in [0.05, 0.1) is 6.10 Å². The molecule has 0 radical (unpaired) electrons. The van der Waals surface area contributed by atoms with E-state index in [0.717, 1.165) is 28.6 Å². The minimum Gasteiger partial charge on any atom is -0.490 e. The predicted molar refractivity (Wildman–Crippen MR) is 103 cm³/mol. The normalized spacial score (nSPS) is 13.7. The van der Waals surface area contributed by atoms with E-state index in [1.807, 2.05) is 64.1 Å². The summed E-state index contributed by atoms with van der Waals surface area (Å²) in [6, 6.07) is 11.8. The van der Waals surface area contributed by atoms with Crippen LogP contribution < -0.4 is 10.1 Å². The summed E-state index contributed by atoms with van der Waals surface area (Å²) in [6.07, 6.45) is 1.65. The van der Waals surface area contributed by atoms with Crippen LogP contribution in [-0.4, -0.2) is 24.2 Å². The minimum absolute atomic E-state index is 0.0923. The molecule has 0 unspecified atom stereocenters. The van der Waals surface area contributed by atoms with E-state index in [4.69, 9.17) is 9.47 Å². The molecule has 2 aromatic rings. The summed E-state index contributed by atoms with van der Waals surface area (Å²) in [6.45, 7) is 10.3. The number of nitrogens with one attached hydrogen (secondary N) is 1. The van der Waals surface area contributed by atoms with Crippen molar-refractivity contribution in [2.45, 2.75) is 59.2 Å². The number of carbonyl (C=O) groups is 1. The molecule has 0 heterocycles. The number of carbonyl (C=O) groups excluding carboxylic acids is 1. The second-order valence-electron chi connectivity index (χ2n) is 6.69. The van der Waals surface area contributed by atoms with Gasteiger partial charge in [-0.05, 0) is 46.2 Å². The van der Waals surface area contributed by atoms with E-state index >= 15 is 0 Å². The van der Waals surface area contributed by atoms with Gasteiger partial charge in [-0.15, -0.1) is 0 Å². The molecule has 136 valence electrons. The van der Waals surface area contributed by atoms with Crippen LogP contribution in [0.3, 0.4) is 0 Å². The Balaban J connectivity index is 2.37. The average Bonchev–Trinajstić information content (AvgIpc) is 2.57. The first kappa shape index (κ1) is 19.3. The summed E-state index contributed by atoms with van der Waals surface area (Å²) in [5.74, 6) is 0.712. The van der Waals surface area contributed by atoms with E-state index in [1.54, 1.807) is 0 Å². The summed E-state index contributed by atoms with van der Waals surface area (Å²) in [4.78, 5) is 12.9. The quantitative estimate of drug-likeness (QED) is 0.720. The van der Waals surface area contributed by atoms with E-state index in [0.29, 0.717) is 13.0 Å². The van der Waals surface area contributed by atoms with Gasteiger partial charge in [-0.25, -0.2) is 0 Å². The van der Waals surface area contributed by atoms with E-state index in [1.165, 1.54) is 0 Å². The van der Waals surface area contributed by atoms with Crippen molar-refractivity contribution in [3.8, 4) is 5.75 Å². The minimum atomic E-state index is -0.822. The summed E-state index contributed by atoms with van der Waals surface area (Å²) in [7, 11) is 0. The third-order valence-electron chi connectivity index (χ3n) is 4.17. The molecule has 0 fully saturated rings. The van der Waals surface area contributed by atoms with Crippen molar-refractivity contribution in [3.63, 3.8) is 0 Å². The maximum Gasteiger partial charge on any atom is 0.256 e. The van der Waals surface area contributed by atoms with E-state index in [9.17, 15) is 4.79 Å². The molecular weight excluding hydrogens is 314 g/mol. The van der Waals surface area contributed by atoms with E-state index in [-0.39, 0.29) is 12.0 Å². The fourth-order valence-corrected chi connectivity index (χ4v) is 3.04. The number of ether oxygens (including phenoxy) is 2. The summed E-state index contributed by atoms with van der Waals surface area (Å²) < 4.78 is 11.7. The lowest BCUT2D eigenvalue weighted by molar-refractivity contribution is -0.139. The first-order valence-electron chi connectivity index (χ1n) is 9.05. The smallest absolute Gasteiger partial charge is 0.256 e. The number of fused-ring (bicyclic) bond motifs is 1. The van der Waals surface area contributed by atoms with Crippen LogP contribution >= 0.6 is 0 Å². The van der Waals surface area contributed by atoms with Crippen molar-refractivity contribution < 1.29 is 14.3 Å². The maximum atomic E-state index is 12.9. The highest BCUT2D eigenvalue weighted by molar-refractivity contribution is 6.06. The van der Waals surface area contributed by atoms with Crippen LogP contribution in [0, 0.1) is 0 Å². The molecule has 0 spiro atoms. The first-order valence-corrected chi connectivity index (χ1v) is 9.05. The number of amides is 1. The van der Waals surface area contributed by atoms with Crippen molar-refractivity contribution >= 4 is 22.4 Å². The van der Waals surface area contributed by atoms with Crippen molar-refractivity contribution in [1.82, 2.24) is 0 Å². The van der Waals surface area contributed by atoms with Crippen molar-refractivity contribution in [2.24, 2.45) is 0 Å². The molecule has 0 saturated heterocycles. The fraction of sp³-hybridized carbons (Fsp3) is 0.476. The molecule has 2 rings (SSSR count). The van der Waals surface area contributed by atoms with Gasteiger partial charge in [0.1, 0.15) is 11.4 Å². The predicted octanol–water partition coefficient (Wildman–Crippen LogP) is 5.16. The zero-order valence-corrected chi connectivity index (χ0v) is 15.9.